The van der Waals surface area contributed by atoms with Crippen molar-refractivity contribution < 1.29 is 0 Å². The monoisotopic (exact) mass is 280 g/mol. The summed E-state index contributed by atoms with van der Waals surface area (Å²) in [6.45, 7) is 0. The number of pyridine rings is 2. The predicted octanol–water partition coefficient (Wildman–Crippen LogP) is 3.15. The van der Waals surface area contributed by atoms with Crippen LogP contribution in [0.5, 0.6) is 0 Å². The van der Waals surface area contributed by atoms with Crippen LogP contribution in [-0.2, 0) is 0 Å². The third kappa shape index (κ3) is 2.30. The molecule has 4 nitrogen and oxygen atoms in total. The normalized spacial score (nSPS) is 11.6. The van der Waals surface area contributed by atoms with Gasteiger partial charge in [-0.05, 0) is 12.1 Å². The molecule has 0 aliphatic carbocycles. The second-order valence-electron chi connectivity index (χ2n) is 3.52. The van der Waals surface area contributed by atoms with Crippen molar-refractivity contribution in [3.8, 4) is 0 Å². The Hall–Kier alpha value is -1.65. The van der Waals surface area contributed by atoms with Gasteiger partial charge in [-0.2, -0.15) is 0 Å². The lowest BCUT2D eigenvalue weighted by Crippen LogP contribution is -1.99. The molecule has 0 amide bonds. The second kappa shape index (κ2) is 5.33. The van der Waals surface area contributed by atoms with Crippen LogP contribution in [0.2, 0.25) is 10.2 Å². The fourth-order valence-corrected chi connectivity index (χ4v) is 2.01. The highest BCUT2D eigenvalue weighted by atomic mass is 35.5. The van der Waals surface area contributed by atoms with Gasteiger partial charge in [-0.25, -0.2) is 4.98 Å². The number of hydrogen-bond acceptors (Lipinski definition) is 4. The highest BCUT2D eigenvalue weighted by Crippen LogP contribution is 2.29. The van der Waals surface area contributed by atoms with E-state index in [2.05, 4.69) is 15.3 Å². The average molecular weight is 281 g/mol. The summed E-state index contributed by atoms with van der Waals surface area (Å²) in [7, 11) is 1.75. The molecular weight excluding hydrogens is 271 g/mol. The van der Waals surface area contributed by atoms with Crippen molar-refractivity contribution in [3.63, 3.8) is 0 Å². The summed E-state index contributed by atoms with van der Waals surface area (Å²) in [4.78, 5) is 8.42. The summed E-state index contributed by atoms with van der Waals surface area (Å²) in [5.74, 6) is 0. The van der Waals surface area contributed by atoms with Gasteiger partial charge in [0.2, 0.25) is 0 Å². The molecule has 0 unspecified atom stereocenters. The van der Waals surface area contributed by atoms with Crippen molar-refractivity contribution in [1.82, 2.24) is 15.3 Å². The van der Waals surface area contributed by atoms with E-state index in [0.717, 1.165) is 0 Å². The van der Waals surface area contributed by atoms with Crippen LogP contribution in [0, 0.1) is 5.41 Å². The van der Waals surface area contributed by atoms with Crippen LogP contribution in [0.4, 0.5) is 0 Å². The molecule has 0 bridgehead atoms. The molecule has 92 valence electrons. The largest absolute Gasteiger partial charge is 0.393 e. The maximum absolute atomic E-state index is 7.38. The van der Waals surface area contributed by atoms with Crippen molar-refractivity contribution in [2.45, 2.75) is 0 Å². The molecule has 0 saturated carbocycles. The molecular formula is C12H10Cl2N4. The Morgan fingerprint density at radius 1 is 1.39 bits per heavy atom. The Kier molecular flexibility index (Phi) is 3.79. The second-order valence-corrected chi connectivity index (χ2v) is 4.29. The third-order valence-corrected chi connectivity index (χ3v) is 2.98. The molecule has 2 aromatic heterocycles. The molecule has 0 radical (unpaired) electrons. The first-order valence-corrected chi connectivity index (χ1v) is 5.92. The predicted molar refractivity (Wildman–Crippen MR) is 75.4 cm³/mol. The summed E-state index contributed by atoms with van der Waals surface area (Å²) < 4.78 is 0. The fourth-order valence-electron chi connectivity index (χ4n) is 1.57. The van der Waals surface area contributed by atoms with Gasteiger partial charge in [0.1, 0.15) is 10.7 Å². The summed E-state index contributed by atoms with van der Waals surface area (Å²) in [5.41, 5.74) is 2.47. The van der Waals surface area contributed by atoms with E-state index < -0.39 is 0 Å². The topological polar surface area (TPSA) is 61.7 Å². The number of nitrogens with zero attached hydrogens (tertiary/aromatic N) is 2. The van der Waals surface area contributed by atoms with E-state index in [1.54, 1.807) is 31.6 Å². The van der Waals surface area contributed by atoms with E-state index >= 15 is 0 Å². The van der Waals surface area contributed by atoms with E-state index in [1.165, 1.54) is 6.21 Å². The number of rotatable bonds is 3. The van der Waals surface area contributed by atoms with E-state index in [9.17, 15) is 0 Å². The standard InChI is InChI=1S/C12H10Cl2N4/c1-16-5-7(4-15)8-6-17-9-2-3-10(13)18-12(9)11(8)14/h2-6,15-16H,1H3/b7-5+,15-4?. The van der Waals surface area contributed by atoms with Gasteiger partial charge in [-0.15, -0.1) is 0 Å². The molecule has 0 saturated heterocycles. The zero-order chi connectivity index (χ0) is 13.1. The molecule has 0 aliphatic heterocycles. The highest BCUT2D eigenvalue weighted by molar-refractivity contribution is 6.38. The van der Waals surface area contributed by atoms with Crippen LogP contribution in [0.3, 0.4) is 0 Å². The van der Waals surface area contributed by atoms with Crippen LogP contribution in [0.1, 0.15) is 5.56 Å². The quantitative estimate of drug-likeness (QED) is 0.671. The van der Waals surface area contributed by atoms with Crippen LogP contribution >= 0.6 is 23.2 Å². The lowest BCUT2D eigenvalue weighted by atomic mass is 10.1. The lowest BCUT2D eigenvalue weighted by molar-refractivity contribution is 1.11. The molecule has 0 aromatic carbocycles. The number of halogens is 2. The lowest BCUT2D eigenvalue weighted by Gasteiger charge is -2.07. The summed E-state index contributed by atoms with van der Waals surface area (Å²) in [6, 6.07) is 3.42. The van der Waals surface area contributed by atoms with Gasteiger partial charge < -0.3 is 10.7 Å². The average Bonchev–Trinajstić information content (AvgIpc) is 2.38. The SMILES string of the molecule is CN/C=C(\C=N)c1cnc2ccc(Cl)nc2c1Cl. The minimum Gasteiger partial charge on any atom is -0.393 e. The van der Waals surface area contributed by atoms with Crippen molar-refractivity contribution >= 4 is 46.0 Å². The van der Waals surface area contributed by atoms with E-state index in [4.69, 9.17) is 28.6 Å². The number of allylic oxidation sites excluding steroid dienone is 1. The van der Waals surface area contributed by atoms with Gasteiger partial charge in [0.05, 0.1) is 10.5 Å². The maximum atomic E-state index is 7.38. The molecule has 18 heavy (non-hydrogen) atoms. The van der Waals surface area contributed by atoms with Gasteiger partial charge in [-0.3, -0.25) is 4.98 Å². The molecule has 2 rings (SSSR count). The molecule has 2 N–H and O–H groups in total. The Balaban J connectivity index is 2.70. The van der Waals surface area contributed by atoms with E-state index in [1.807, 2.05) is 0 Å². The summed E-state index contributed by atoms with van der Waals surface area (Å²) >= 11 is 12.1. The van der Waals surface area contributed by atoms with Crippen molar-refractivity contribution in [1.29, 1.82) is 5.41 Å². The van der Waals surface area contributed by atoms with Crippen LogP contribution in [-0.4, -0.2) is 23.2 Å². The molecule has 0 fully saturated rings. The zero-order valence-electron chi connectivity index (χ0n) is 9.54. The minimum atomic E-state index is 0.359. The van der Waals surface area contributed by atoms with E-state index in [0.29, 0.717) is 32.3 Å². The number of nitrogens with one attached hydrogen (secondary N) is 2. The fraction of sp³-hybridized carbons (Fsp3) is 0.0833. The number of fused-ring (bicyclic) bond motifs is 1. The summed E-state index contributed by atoms with van der Waals surface area (Å²) in [6.07, 6.45) is 4.50. The number of hydrogen-bond donors (Lipinski definition) is 2. The molecule has 0 aliphatic rings. The third-order valence-electron chi connectivity index (χ3n) is 2.38. The minimum absolute atomic E-state index is 0.359. The molecule has 0 atom stereocenters. The first-order chi connectivity index (χ1) is 8.67. The Morgan fingerprint density at radius 2 is 2.17 bits per heavy atom. The van der Waals surface area contributed by atoms with E-state index in [-0.39, 0.29) is 0 Å². The summed E-state index contributed by atoms with van der Waals surface area (Å²) in [5, 5.41) is 11.0. The van der Waals surface area contributed by atoms with Gasteiger partial charge in [-0.1, -0.05) is 23.2 Å². The Labute approximate surface area is 114 Å². The van der Waals surface area contributed by atoms with Crippen molar-refractivity contribution in [2.75, 3.05) is 7.05 Å². The van der Waals surface area contributed by atoms with Crippen LogP contribution in [0.25, 0.3) is 16.6 Å². The molecule has 6 heteroatoms. The van der Waals surface area contributed by atoms with Gasteiger partial charge in [0, 0.05) is 36.8 Å². The maximum Gasteiger partial charge on any atom is 0.129 e. The van der Waals surface area contributed by atoms with Crippen LogP contribution in [0.15, 0.2) is 24.5 Å². The Bertz CT molecular complexity index is 637. The first kappa shape index (κ1) is 12.8. The van der Waals surface area contributed by atoms with Gasteiger partial charge >= 0.3 is 0 Å². The van der Waals surface area contributed by atoms with Gasteiger partial charge in [0.15, 0.2) is 0 Å². The molecule has 0 spiro atoms. The Morgan fingerprint density at radius 3 is 2.83 bits per heavy atom. The zero-order valence-corrected chi connectivity index (χ0v) is 11.0. The van der Waals surface area contributed by atoms with Crippen molar-refractivity contribution in [2.24, 2.45) is 0 Å². The smallest absolute Gasteiger partial charge is 0.129 e. The van der Waals surface area contributed by atoms with Gasteiger partial charge in [0.25, 0.3) is 0 Å². The van der Waals surface area contributed by atoms with Crippen LogP contribution < -0.4 is 5.32 Å². The first-order valence-electron chi connectivity index (χ1n) is 5.16. The molecule has 2 aromatic rings. The number of aromatic nitrogens is 2. The van der Waals surface area contributed by atoms with Crippen molar-refractivity contribution in [3.05, 3.63) is 40.3 Å². The molecule has 2 heterocycles. The highest BCUT2D eigenvalue weighted by Gasteiger charge is 2.11.